The van der Waals surface area contributed by atoms with Crippen LogP contribution in [0.1, 0.15) is 11.5 Å². The second kappa shape index (κ2) is 3.53. The Labute approximate surface area is 81.4 Å². The van der Waals surface area contributed by atoms with Crippen molar-refractivity contribution in [3.8, 4) is 0 Å². The Morgan fingerprint density at radius 2 is 2.50 bits per heavy atom. The van der Waals surface area contributed by atoms with Crippen molar-refractivity contribution in [2.75, 3.05) is 13.1 Å². The molecule has 14 heavy (non-hydrogen) atoms. The van der Waals surface area contributed by atoms with E-state index < -0.39 is 0 Å². The maximum Gasteiger partial charge on any atom is 0.337 e. The molecule has 2 heterocycles. The van der Waals surface area contributed by atoms with Crippen LogP contribution in [0.5, 0.6) is 0 Å². The Bertz CT molecular complexity index is 370. The van der Waals surface area contributed by atoms with Gasteiger partial charge in [-0.2, -0.15) is 5.10 Å². The highest BCUT2D eigenvalue weighted by molar-refractivity contribution is 5.80. The third-order valence-electron chi connectivity index (χ3n) is 1.92. The van der Waals surface area contributed by atoms with Gasteiger partial charge < -0.3 is 9.73 Å². The summed E-state index contributed by atoms with van der Waals surface area (Å²) >= 11 is 0. The molecule has 1 aliphatic rings. The van der Waals surface area contributed by atoms with Crippen LogP contribution in [-0.2, 0) is 0 Å². The molecule has 0 radical (unpaired) electrons. The lowest BCUT2D eigenvalue weighted by Gasteiger charge is -2.03. The molecular weight excluding hydrogens is 182 g/mol. The fourth-order valence-electron chi connectivity index (χ4n) is 1.22. The summed E-state index contributed by atoms with van der Waals surface area (Å²) in [5, 5.41) is 8.02. The van der Waals surface area contributed by atoms with Crippen molar-refractivity contribution in [1.29, 1.82) is 0 Å². The molecular formula is C9H11N3O2. The summed E-state index contributed by atoms with van der Waals surface area (Å²) < 4.78 is 5.27. The van der Waals surface area contributed by atoms with E-state index in [0.29, 0.717) is 18.8 Å². The highest BCUT2D eigenvalue weighted by Crippen LogP contribution is 2.04. The van der Waals surface area contributed by atoms with Gasteiger partial charge in [0.2, 0.25) is 0 Å². The van der Waals surface area contributed by atoms with Crippen LogP contribution in [0.3, 0.4) is 0 Å². The van der Waals surface area contributed by atoms with Gasteiger partial charge in [0.15, 0.2) is 0 Å². The van der Waals surface area contributed by atoms with Crippen molar-refractivity contribution in [3.05, 3.63) is 23.7 Å². The van der Waals surface area contributed by atoms with Crippen LogP contribution in [0.2, 0.25) is 0 Å². The van der Waals surface area contributed by atoms with Gasteiger partial charge in [0.1, 0.15) is 11.5 Å². The van der Waals surface area contributed by atoms with Gasteiger partial charge >= 0.3 is 6.03 Å². The number of carbonyl (C=O) groups is 1. The van der Waals surface area contributed by atoms with Crippen LogP contribution in [0.4, 0.5) is 4.79 Å². The molecule has 0 saturated carbocycles. The molecule has 1 saturated heterocycles. The van der Waals surface area contributed by atoms with Crippen LogP contribution >= 0.6 is 0 Å². The summed E-state index contributed by atoms with van der Waals surface area (Å²) in [5.74, 6) is 1.49. The zero-order valence-electron chi connectivity index (χ0n) is 7.86. The maximum absolute atomic E-state index is 11.1. The standard InChI is InChI=1S/C9H11N3O2/c1-7-2-3-8(14-7)6-11-12-5-4-10-9(12)13/h2-3,6H,4-5H2,1H3,(H,10,13). The van der Waals surface area contributed by atoms with Crippen LogP contribution in [0.25, 0.3) is 0 Å². The van der Waals surface area contributed by atoms with Crippen LogP contribution in [-0.4, -0.2) is 30.3 Å². The number of amides is 2. The van der Waals surface area contributed by atoms with Crippen molar-refractivity contribution in [2.24, 2.45) is 5.10 Å². The minimum atomic E-state index is -0.162. The number of nitrogens with zero attached hydrogens (tertiary/aromatic N) is 2. The molecule has 74 valence electrons. The number of furan rings is 1. The number of hydrazone groups is 1. The second-order valence-electron chi connectivity index (χ2n) is 3.05. The first-order chi connectivity index (χ1) is 6.75. The normalized spacial score (nSPS) is 16.6. The first-order valence-corrected chi connectivity index (χ1v) is 4.41. The van der Waals surface area contributed by atoms with Gasteiger partial charge in [0, 0.05) is 6.54 Å². The Balaban J connectivity index is 2.03. The van der Waals surface area contributed by atoms with E-state index in [1.165, 1.54) is 11.2 Å². The number of nitrogens with one attached hydrogen (secondary N) is 1. The smallest absolute Gasteiger partial charge is 0.337 e. The summed E-state index contributed by atoms with van der Waals surface area (Å²) in [7, 11) is 0. The molecule has 5 nitrogen and oxygen atoms in total. The van der Waals surface area contributed by atoms with E-state index >= 15 is 0 Å². The summed E-state index contributed by atoms with van der Waals surface area (Å²) in [5.41, 5.74) is 0. The number of urea groups is 1. The number of carbonyl (C=O) groups excluding carboxylic acids is 1. The molecule has 0 bridgehead atoms. The van der Waals surface area contributed by atoms with Crippen molar-refractivity contribution >= 4 is 12.2 Å². The highest BCUT2D eigenvalue weighted by atomic mass is 16.3. The van der Waals surface area contributed by atoms with Gasteiger partial charge in [0.25, 0.3) is 0 Å². The number of hydrogen-bond donors (Lipinski definition) is 1. The van der Waals surface area contributed by atoms with E-state index in [4.69, 9.17) is 4.42 Å². The molecule has 0 aliphatic carbocycles. The topological polar surface area (TPSA) is 57.8 Å². The first-order valence-electron chi connectivity index (χ1n) is 4.41. The van der Waals surface area contributed by atoms with E-state index in [9.17, 15) is 4.79 Å². The molecule has 1 N–H and O–H groups in total. The van der Waals surface area contributed by atoms with Crippen LogP contribution in [0.15, 0.2) is 21.7 Å². The van der Waals surface area contributed by atoms with Crippen molar-refractivity contribution in [3.63, 3.8) is 0 Å². The Hall–Kier alpha value is -1.78. The minimum Gasteiger partial charge on any atom is -0.460 e. The molecule has 1 aromatic rings. The van der Waals surface area contributed by atoms with Crippen LogP contribution in [0, 0.1) is 6.92 Å². The third kappa shape index (κ3) is 1.76. The van der Waals surface area contributed by atoms with E-state index in [1.807, 2.05) is 19.1 Å². The minimum absolute atomic E-state index is 0.162. The van der Waals surface area contributed by atoms with E-state index in [-0.39, 0.29) is 6.03 Å². The average molecular weight is 193 g/mol. The molecule has 0 unspecified atom stereocenters. The van der Waals surface area contributed by atoms with Crippen molar-refractivity contribution in [1.82, 2.24) is 10.3 Å². The van der Waals surface area contributed by atoms with Crippen molar-refractivity contribution < 1.29 is 9.21 Å². The first kappa shape index (κ1) is 8.80. The Morgan fingerprint density at radius 1 is 1.64 bits per heavy atom. The Morgan fingerprint density at radius 3 is 3.07 bits per heavy atom. The fraction of sp³-hybridized carbons (Fsp3) is 0.333. The molecule has 2 amide bonds. The lowest BCUT2D eigenvalue weighted by molar-refractivity contribution is 0.219. The van der Waals surface area contributed by atoms with Gasteiger partial charge in [-0.1, -0.05) is 0 Å². The van der Waals surface area contributed by atoms with Crippen molar-refractivity contribution in [2.45, 2.75) is 6.92 Å². The SMILES string of the molecule is Cc1ccc(C=NN2CCNC2=O)o1. The summed E-state index contributed by atoms with van der Waals surface area (Å²) in [6.07, 6.45) is 1.54. The van der Waals surface area contributed by atoms with Gasteiger partial charge in [-0.05, 0) is 19.1 Å². The lowest BCUT2D eigenvalue weighted by Crippen LogP contribution is -2.23. The number of aryl methyl sites for hydroxylation is 1. The third-order valence-corrected chi connectivity index (χ3v) is 1.92. The predicted molar refractivity (Wildman–Crippen MR) is 51.1 cm³/mol. The van der Waals surface area contributed by atoms with E-state index in [0.717, 1.165) is 5.76 Å². The molecule has 1 aliphatic heterocycles. The molecule has 2 rings (SSSR count). The summed E-state index contributed by atoms with van der Waals surface area (Å²) in [4.78, 5) is 11.1. The lowest BCUT2D eigenvalue weighted by atomic mass is 10.4. The number of hydrogen-bond acceptors (Lipinski definition) is 3. The van der Waals surface area contributed by atoms with Gasteiger partial charge in [0.05, 0.1) is 12.8 Å². The summed E-state index contributed by atoms with van der Waals surface area (Å²) in [6.45, 7) is 3.11. The zero-order chi connectivity index (χ0) is 9.97. The molecule has 1 fully saturated rings. The molecule has 0 aromatic carbocycles. The van der Waals surface area contributed by atoms with E-state index in [2.05, 4.69) is 10.4 Å². The van der Waals surface area contributed by atoms with Gasteiger partial charge in [-0.15, -0.1) is 0 Å². The van der Waals surface area contributed by atoms with E-state index in [1.54, 1.807) is 0 Å². The van der Waals surface area contributed by atoms with Crippen LogP contribution < -0.4 is 5.32 Å². The molecule has 1 aromatic heterocycles. The zero-order valence-corrected chi connectivity index (χ0v) is 7.86. The Kier molecular flexibility index (Phi) is 2.22. The van der Waals surface area contributed by atoms with Gasteiger partial charge in [-0.3, -0.25) is 0 Å². The quantitative estimate of drug-likeness (QED) is 0.711. The maximum atomic E-state index is 11.1. The largest absolute Gasteiger partial charge is 0.460 e. The predicted octanol–water partition coefficient (Wildman–Crippen LogP) is 0.947. The number of rotatable bonds is 2. The fourth-order valence-corrected chi connectivity index (χ4v) is 1.22. The molecule has 0 spiro atoms. The second-order valence-corrected chi connectivity index (χ2v) is 3.05. The molecule has 0 atom stereocenters. The monoisotopic (exact) mass is 193 g/mol. The van der Waals surface area contributed by atoms with Gasteiger partial charge in [-0.25, -0.2) is 9.80 Å². The summed E-state index contributed by atoms with van der Waals surface area (Å²) in [6, 6.07) is 3.50. The highest BCUT2D eigenvalue weighted by Gasteiger charge is 2.17. The molecule has 5 heteroatoms. The average Bonchev–Trinajstić information content (AvgIpc) is 2.72.